The molecule has 1 aromatic heterocycles. The van der Waals surface area contributed by atoms with Crippen molar-refractivity contribution in [3.8, 4) is 0 Å². The highest BCUT2D eigenvalue weighted by molar-refractivity contribution is 5.80. The smallest absolute Gasteiger partial charge is 0.236 e. The minimum atomic E-state index is 0.181. The summed E-state index contributed by atoms with van der Waals surface area (Å²) in [5.74, 6) is 0.181. The number of fused-ring (bicyclic) bond motifs is 1. The molecule has 24 heavy (non-hydrogen) atoms. The minimum absolute atomic E-state index is 0.181. The van der Waals surface area contributed by atoms with Gasteiger partial charge in [0.15, 0.2) is 0 Å². The Labute approximate surface area is 143 Å². The molecular formula is C19H26N4O. The Kier molecular flexibility index (Phi) is 5.11. The van der Waals surface area contributed by atoms with Crippen molar-refractivity contribution in [3.63, 3.8) is 0 Å². The second-order valence-electron chi connectivity index (χ2n) is 6.92. The van der Waals surface area contributed by atoms with Crippen LogP contribution in [0.25, 0.3) is 10.9 Å². The van der Waals surface area contributed by atoms with Gasteiger partial charge in [-0.1, -0.05) is 12.1 Å². The van der Waals surface area contributed by atoms with E-state index < -0.39 is 0 Å². The zero-order chi connectivity index (χ0) is 17.1. The van der Waals surface area contributed by atoms with E-state index in [2.05, 4.69) is 47.1 Å². The lowest BCUT2D eigenvalue weighted by atomic mass is 10.1. The summed E-state index contributed by atoms with van der Waals surface area (Å²) in [6.45, 7) is 3.13. The first kappa shape index (κ1) is 16.9. The standard InChI is InChI=1S/C19H26N4O/c1-21(2)17-8-10-23(13-17)14-19(24)22(3)12-15-6-7-18-16(11-15)5-4-9-20-18/h4-7,9,11,17H,8,10,12-14H2,1-3H3. The highest BCUT2D eigenvalue weighted by Gasteiger charge is 2.26. The van der Waals surface area contributed by atoms with E-state index in [0.29, 0.717) is 19.1 Å². The predicted molar refractivity (Wildman–Crippen MR) is 96.7 cm³/mol. The summed E-state index contributed by atoms with van der Waals surface area (Å²) in [7, 11) is 6.10. The first-order valence-electron chi connectivity index (χ1n) is 8.49. The average molecular weight is 326 g/mol. The van der Waals surface area contributed by atoms with E-state index in [-0.39, 0.29) is 5.91 Å². The highest BCUT2D eigenvalue weighted by atomic mass is 16.2. The van der Waals surface area contributed by atoms with Crippen molar-refractivity contribution in [1.29, 1.82) is 0 Å². The third-order valence-electron chi connectivity index (χ3n) is 4.85. The number of benzene rings is 1. The van der Waals surface area contributed by atoms with E-state index in [9.17, 15) is 4.79 Å². The van der Waals surface area contributed by atoms with Crippen LogP contribution in [0.15, 0.2) is 36.5 Å². The summed E-state index contributed by atoms with van der Waals surface area (Å²) in [6.07, 6.45) is 2.94. The molecule has 0 N–H and O–H groups in total. The second kappa shape index (κ2) is 7.28. The number of aromatic nitrogens is 1. The predicted octanol–water partition coefficient (Wildman–Crippen LogP) is 1.83. The molecule has 0 spiro atoms. The minimum Gasteiger partial charge on any atom is -0.340 e. The Morgan fingerprint density at radius 1 is 1.29 bits per heavy atom. The van der Waals surface area contributed by atoms with Crippen LogP contribution < -0.4 is 0 Å². The molecule has 2 heterocycles. The van der Waals surface area contributed by atoms with Crippen LogP contribution in [0.1, 0.15) is 12.0 Å². The summed E-state index contributed by atoms with van der Waals surface area (Å²) in [6, 6.07) is 10.7. The van der Waals surface area contributed by atoms with Gasteiger partial charge in [-0.15, -0.1) is 0 Å². The number of likely N-dealkylation sites (N-methyl/N-ethyl adjacent to an activating group) is 2. The van der Waals surface area contributed by atoms with Crippen molar-refractivity contribution in [2.45, 2.75) is 19.0 Å². The van der Waals surface area contributed by atoms with Crippen LogP contribution in [0, 0.1) is 0 Å². The fourth-order valence-electron chi connectivity index (χ4n) is 3.27. The molecule has 1 aliphatic heterocycles. The maximum absolute atomic E-state index is 12.5. The molecule has 0 bridgehead atoms. The number of nitrogens with zero attached hydrogens (tertiary/aromatic N) is 4. The largest absolute Gasteiger partial charge is 0.340 e. The Balaban J connectivity index is 1.57. The summed E-state index contributed by atoms with van der Waals surface area (Å²) in [4.78, 5) is 23.2. The van der Waals surface area contributed by atoms with Crippen LogP contribution in [0.2, 0.25) is 0 Å². The quantitative estimate of drug-likeness (QED) is 0.840. The number of rotatable bonds is 5. The van der Waals surface area contributed by atoms with Gasteiger partial charge < -0.3 is 9.80 Å². The molecule has 1 amide bonds. The zero-order valence-electron chi connectivity index (χ0n) is 14.8. The van der Waals surface area contributed by atoms with Crippen LogP contribution in [-0.2, 0) is 11.3 Å². The fourth-order valence-corrected chi connectivity index (χ4v) is 3.27. The monoisotopic (exact) mass is 326 g/mol. The van der Waals surface area contributed by atoms with Crippen molar-refractivity contribution in [1.82, 2.24) is 19.7 Å². The third kappa shape index (κ3) is 3.91. The van der Waals surface area contributed by atoms with E-state index in [1.54, 1.807) is 6.20 Å². The Bertz CT molecular complexity index is 715. The fraction of sp³-hybridized carbons (Fsp3) is 0.474. The Hall–Kier alpha value is -1.98. The molecule has 128 valence electrons. The van der Waals surface area contributed by atoms with Gasteiger partial charge in [-0.2, -0.15) is 0 Å². The number of likely N-dealkylation sites (tertiary alicyclic amines) is 1. The molecule has 1 atom stereocenters. The molecule has 1 saturated heterocycles. The molecule has 5 heteroatoms. The number of hydrogen-bond donors (Lipinski definition) is 0. The van der Waals surface area contributed by atoms with Gasteiger partial charge in [0.2, 0.25) is 5.91 Å². The number of carbonyl (C=O) groups excluding carboxylic acids is 1. The molecular weight excluding hydrogens is 300 g/mol. The van der Waals surface area contributed by atoms with Gasteiger partial charge in [0.25, 0.3) is 0 Å². The first-order valence-corrected chi connectivity index (χ1v) is 8.49. The molecule has 0 aliphatic carbocycles. The zero-order valence-corrected chi connectivity index (χ0v) is 14.8. The summed E-state index contributed by atoms with van der Waals surface area (Å²) in [5.41, 5.74) is 2.13. The van der Waals surface area contributed by atoms with E-state index >= 15 is 0 Å². The van der Waals surface area contributed by atoms with Gasteiger partial charge in [0, 0.05) is 44.3 Å². The maximum atomic E-state index is 12.5. The average Bonchev–Trinajstić information content (AvgIpc) is 3.03. The molecule has 1 aromatic carbocycles. The van der Waals surface area contributed by atoms with Gasteiger partial charge in [0.1, 0.15) is 0 Å². The SMILES string of the molecule is CN(Cc1ccc2ncccc2c1)C(=O)CN1CCC(N(C)C)C1. The van der Waals surface area contributed by atoms with Crippen LogP contribution >= 0.6 is 0 Å². The summed E-state index contributed by atoms with van der Waals surface area (Å²) < 4.78 is 0. The van der Waals surface area contributed by atoms with E-state index in [1.165, 1.54) is 0 Å². The molecule has 1 aliphatic rings. The van der Waals surface area contributed by atoms with E-state index in [1.807, 2.05) is 24.1 Å². The number of carbonyl (C=O) groups is 1. The Morgan fingerprint density at radius 3 is 2.88 bits per heavy atom. The number of hydrogen-bond acceptors (Lipinski definition) is 4. The van der Waals surface area contributed by atoms with Crippen LogP contribution in [0.3, 0.4) is 0 Å². The van der Waals surface area contributed by atoms with Crippen LogP contribution in [0.4, 0.5) is 0 Å². The number of amides is 1. The molecule has 5 nitrogen and oxygen atoms in total. The molecule has 0 saturated carbocycles. The molecule has 0 radical (unpaired) electrons. The van der Waals surface area contributed by atoms with Gasteiger partial charge in [-0.05, 0) is 44.3 Å². The van der Waals surface area contributed by atoms with Crippen molar-refractivity contribution in [3.05, 3.63) is 42.1 Å². The third-order valence-corrected chi connectivity index (χ3v) is 4.85. The van der Waals surface area contributed by atoms with Gasteiger partial charge >= 0.3 is 0 Å². The maximum Gasteiger partial charge on any atom is 0.236 e. The lowest BCUT2D eigenvalue weighted by Gasteiger charge is -2.23. The number of pyridine rings is 1. The van der Waals surface area contributed by atoms with Crippen molar-refractivity contribution in [2.75, 3.05) is 40.8 Å². The van der Waals surface area contributed by atoms with Crippen molar-refractivity contribution >= 4 is 16.8 Å². The van der Waals surface area contributed by atoms with Gasteiger partial charge in [-0.3, -0.25) is 14.7 Å². The molecule has 1 unspecified atom stereocenters. The normalized spacial score (nSPS) is 18.4. The molecule has 1 fully saturated rings. The first-order chi connectivity index (χ1) is 11.5. The second-order valence-corrected chi connectivity index (χ2v) is 6.92. The van der Waals surface area contributed by atoms with Gasteiger partial charge in [0.05, 0.1) is 12.1 Å². The molecule has 3 rings (SSSR count). The topological polar surface area (TPSA) is 39.7 Å². The lowest BCUT2D eigenvalue weighted by Crippen LogP contribution is -2.38. The van der Waals surface area contributed by atoms with Crippen LogP contribution in [-0.4, -0.2) is 72.4 Å². The van der Waals surface area contributed by atoms with E-state index in [4.69, 9.17) is 0 Å². The van der Waals surface area contributed by atoms with E-state index in [0.717, 1.165) is 36.0 Å². The summed E-state index contributed by atoms with van der Waals surface area (Å²) in [5, 5.41) is 1.12. The lowest BCUT2D eigenvalue weighted by molar-refractivity contribution is -0.131. The molecule has 2 aromatic rings. The van der Waals surface area contributed by atoms with Crippen LogP contribution in [0.5, 0.6) is 0 Å². The highest BCUT2D eigenvalue weighted by Crippen LogP contribution is 2.16. The Morgan fingerprint density at radius 2 is 2.12 bits per heavy atom. The van der Waals surface area contributed by atoms with Crippen molar-refractivity contribution in [2.24, 2.45) is 0 Å². The summed E-state index contributed by atoms with van der Waals surface area (Å²) >= 11 is 0. The van der Waals surface area contributed by atoms with Gasteiger partial charge in [-0.25, -0.2) is 0 Å². The van der Waals surface area contributed by atoms with Crippen molar-refractivity contribution < 1.29 is 4.79 Å².